The summed E-state index contributed by atoms with van der Waals surface area (Å²) in [6.07, 6.45) is -1.86. The van der Waals surface area contributed by atoms with Crippen LogP contribution in [0.3, 0.4) is 0 Å². The molecular weight excluding hydrogens is 349 g/mol. The summed E-state index contributed by atoms with van der Waals surface area (Å²) in [4.78, 5) is 16.8. The molecule has 2 unspecified atom stereocenters. The van der Waals surface area contributed by atoms with Crippen LogP contribution in [0, 0.1) is 17.8 Å². The normalized spacial score (nSPS) is 25.2. The molecule has 3 atom stereocenters. The van der Waals surface area contributed by atoms with Crippen LogP contribution in [0.25, 0.3) is 5.52 Å². The summed E-state index contributed by atoms with van der Waals surface area (Å²) in [7, 11) is 0. The smallest absolute Gasteiger partial charge is 0.403 e. The van der Waals surface area contributed by atoms with E-state index in [0.29, 0.717) is 17.7 Å². The minimum atomic E-state index is -4.78. The van der Waals surface area contributed by atoms with E-state index in [0.717, 1.165) is 13.1 Å². The molecule has 3 heterocycles. The Hall–Kier alpha value is -2.29. The monoisotopic (exact) mass is 368 g/mol. The van der Waals surface area contributed by atoms with Gasteiger partial charge < -0.3 is 15.4 Å². The van der Waals surface area contributed by atoms with Crippen LogP contribution in [0.2, 0.25) is 0 Å². The minimum absolute atomic E-state index is 0.00544. The van der Waals surface area contributed by atoms with Crippen LogP contribution in [-0.4, -0.2) is 34.7 Å². The van der Waals surface area contributed by atoms with Crippen LogP contribution in [0.1, 0.15) is 19.7 Å². The van der Waals surface area contributed by atoms with Gasteiger partial charge in [0.1, 0.15) is 11.3 Å². The van der Waals surface area contributed by atoms with Gasteiger partial charge in [0.2, 0.25) is 5.91 Å². The molecule has 140 valence electrons. The van der Waals surface area contributed by atoms with Crippen LogP contribution in [0.5, 0.6) is 5.75 Å². The number of carbonyl (C=O) groups is 1. The zero-order chi connectivity index (χ0) is 18.7. The topological polar surface area (TPSA) is 67.7 Å². The fourth-order valence-corrected chi connectivity index (χ4v) is 3.92. The number of aromatic nitrogens is 2. The molecule has 2 fully saturated rings. The predicted molar refractivity (Wildman–Crippen MR) is 86.4 cm³/mol. The number of hydrogen-bond acceptors (Lipinski definition) is 4. The molecule has 0 bridgehead atoms. The van der Waals surface area contributed by atoms with Gasteiger partial charge in [-0.2, -0.15) is 0 Å². The highest BCUT2D eigenvalue weighted by atomic mass is 19.4. The first-order valence-corrected chi connectivity index (χ1v) is 8.42. The van der Waals surface area contributed by atoms with Crippen molar-refractivity contribution in [1.29, 1.82) is 0 Å². The van der Waals surface area contributed by atoms with E-state index in [2.05, 4.69) is 20.4 Å². The Labute approximate surface area is 147 Å². The summed E-state index contributed by atoms with van der Waals surface area (Å²) in [6, 6.07) is 2.69. The Balaban J connectivity index is 1.59. The van der Waals surface area contributed by atoms with Crippen LogP contribution in [0.15, 0.2) is 24.5 Å². The summed E-state index contributed by atoms with van der Waals surface area (Å²) < 4.78 is 43.3. The predicted octanol–water partition coefficient (Wildman–Crippen LogP) is 2.05. The van der Waals surface area contributed by atoms with Crippen molar-refractivity contribution in [1.82, 2.24) is 20.0 Å². The number of nitrogens with zero attached hydrogens (tertiary/aromatic N) is 2. The largest absolute Gasteiger partial charge is 0.573 e. The van der Waals surface area contributed by atoms with E-state index >= 15 is 0 Å². The molecule has 6 nitrogen and oxygen atoms in total. The molecular formula is C17H19F3N4O2. The number of hydrogen-bond donors (Lipinski definition) is 2. The second-order valence-corrected chi connectivity index (χ2v) is 7.38. The third-order valence-corrected chi connectivity index (χ3v) is 5.15. The third kappa shape index (κ3) is 2.90. The number of ether oxygens (including phenoxy) is 1. The summed E-state index contributed by atoms with van der Waals surface area (Å²) in [5.74, 6) is 0.849. The van der Waals surface area contributed by atoms with Crippen molar-refractivity contribution >= 4 is 11.4 Å². The quantitative estimate of drug-likeness (QED) is 0.867. The van der Waals surface area contributed by atoms with E-state index in [9.17, 15) is 18.0 Å². The van der Waals surface area contributed by atoms with E-state index < -0.39 is 11.9 Å². The molecule has 0 spiro atoms. The highest BCUT2D eigenvalue weighted by Gasteiger charge is 2.57. The van der Waals surface area contributed by atoms with Crippen molar-refractivity contribution in [3.63, 3.8) is 0 Å². The molecule has 2 N–H and O–H groups in total. The number of halogens is 3. The Morgan fingerprint density at radius 2 is 2.04 bits per heavy atom. The molecule has 9 heteroatoms. The fourth-order valence-electron chi connectivity index (χ4n) is 3.92. The standard InChI is InChI=1S/C17H19F3N4O2/c1-16(2,23-14(25)13-9-6-21-7-10(9)13)15-22-8-11-12(26-17(18,19)20)4-3-5-24(11)15/h3-5,8-10,13,21H,6-7H2,1-2H3,(H,23,25)/t9-,10?,13?/m0/s1. The summed E-state index contributed by atoms with van der Waals surface area (Å²) >= 11 is 0. The molecule has 0 radical (unpaired) electrons. The van der Waals surface area contributed by atoms with Crippen LogP contribution in [-0.2, 0) is 10.3 Å². The molecule has 0 aromatic carbocycles. The van der Waals surface area contributed by atoms with Gasteiger partial charge in [-0.15, -0.1) is 13.2 Å². The summed E-state index contributed by atoms with van der Waals surface area (Å²) in [6.45, 7) is 5.28. The zero-order valence-corrected chi connectivity index (χ0v) is 14.3. The number of carbonyl (C=O) groups excluding carboxylic acids is 1. The summed E-state index contributed by atoms with van der Waals surface area (Å²) in [5, 5.41) is 6.24. The Morgan fingerprint density at radius 3 is 2.69 bits per heavy atom. The number of nitrogens with one attached hydrogen (secondary N) is 2. The van der Waals surface area contributed by atoms with Gasteiger partial charge in [0.05, 0.1) is 11.7 Å². The molecule has 1 aliphatic heterocycles. The lowest BCUT2D eigenvalue weighted by molar-refractivity contribution is -0.274. The average molecular weight is 368 g/mol. The van der Waals surface area contributed by atoms with E-state index in [4.69, 9.17) is 0 Å². The number of alkyl halides is 3. The van der Waals surface area contributed by atoms with Crippen molar-refractivity contribution in [2.75, 3.05) is 13.1 Å². The highest BCUT2D eigenvalue weighted by molar-refractivity contribution is 5.83. The second kappa shape index (κ2) is 5.60. The van der Waals surface area contributed by atoms with Gasteiger partial charge in [-0.1, -0.05) is 0 Å². The lowest BCUT2D eigenvalue weighted by atomic mass is 10.0. The number of rotatable bonds is 4. The van der Waals surface area contributed by atoms with Crippen molar-refractivity contribution in [3.8, 4) is 5.75 Å². The van der Waals surface area contributed by atoms with Crippen LogP contribution in [0.4, 0.5) is 13.2 Å². The van der Waals surface area contributed by atoms with E-state index in [1.807, 2.05) is 0 Å². The first-order chi connectivity index (χ1) is 12.2. The zero-order valence-electron chi connectivity index (χ0n) is 14.3. The van der Waals surface area contributed by atoms with Crippen molar-refractivity contribution in [2.45, 2.75) is 25.7 Å². The maximum atomic E-state index is 12.6. The van der Waals surface area contributed by atoms with Crippen molar-refractivity contribution in [3.05, 3.63) is 30.4 Å². The fraction of sp³-hybridized carbons (Fsp3) is 0.529. The van der Waals surface area contributed by atoms with Crippen LogP contribution >= 0.6 is 0 Å². The Morgan fingerprint density at radius 1 is 1.35 bits per heavy atom. The van der Waals surface area contributed by atoms with Gasteiger partial charge in [-0.25, -0.2) is 4.98 Å². The van der Waals surface area contributed by atoms with E-state index in [1.54, 1.807) is 20.0 Å². The third-order valence-electron chi connectivity index (χ3n) is 5.15. The Kier molecular flexibility index (Phi) is 3.69. The molecule has 1 amide bonds. The number of pyridine rings is 1. The average Bonchev–Trinajstić information content (AvgIpc) is 2.88. The lowest BCUT2D eigenvalue weighted by Gasteiger charge is -2.26. The minimum Gasteiger partial charge on any atom is -0.403 e. The van der Waals surface area contributed by atoms with Gasteiger partial charge in [-0.05, 0) is 50.9 Å². The molecule has 2 aromatic rings. The second-order valence-electron chi connectivity index (χ2n) is 7.38. The van der Waals surface area contributed by atoms with Crippen LogP contribution < -0.4 is 15.4 Å². The highest BCUT2D eigenvalue weighted by Crippen LogP contribution is 2.49. The van der Waals surface area contributed by atoms with Crippen molar-refractivity contribution < 1.29 is 22.7 Å². The van der Waals surface area contributed by atoms with Crippen molar-refractivity contribution in [2.24, 2.45) is 17.8 Å². The SMILES string of the molecule is CC(C)(NC(=O)C1C2CNC[C@@H]21)c1ncc2c(OC(F)(F)F)cccn12. The summed E-state index contributed by atoms with van der Waals surface area (Å²) in [5.41, 5.74) is -0.653. The molecule has 2 aliphatic rings. The number of fused-ring (bicyclic) bond motifs is 2. The molecule has 1 saturated heterocycles. The molecule has 4 rings (SSSR count). The van der Waals surface area contributed by atoms with Gasteiger partial charge in [0, 0.05) is 12.1 Å². The maximum Gasteiger partial charge on any atom is 0.573 e. The maximum absolute atomic E-state index is 12.6. The number of amides is 1. The van der Waals surface area contributed by atoms with Gasteiger partial charge in [0.25, 0.3) is 0 Å². The van der Waals surface area contributed by atoms with Gasteiger partial charge in [-0.3, -0.25) is 9.20 Å². The van der Waals surface area contributed by atoms with E-state index in [1.165, 1.54) is 22.7 Å². The number of imidazole rings is 1. The van der Waals surface area contributed by atoms with E-state index in [-0.39, 0.29) is 23.1 Å². The molecule has 26 heavy (non-hydrogen) atoms. The van der Waals surface area contributed by atoms with Gasteiger partial charge in [0.15, 0.2) is 5.75 Å². The first kappa shape index (κ1) is 17.1. The molecule has 1 aliphatic carbocycles. The first-order valence-electron chi connectivity index (χ1n) is 8.42. The lowest BCUT2D eigenvalue weighted by Crippen LogP contribution is -2.44. The Bertz CT molecular complexity index is 851. The number of piperidine rings is 1. The molecule has 2 aromatic heterocycles. The van der Waals surface area contributed by atoms with Gasteiger partial charge >= 0.3 is 6.36 Å². The molecule has 1 saturated carbocycles.